The highest BCUT2D eigenvalue weighted by Crippen LogP contribution is 2.33. The molecule has 0 bridgehead atoms. The molecule has 1 aliphatic heterocycles. The van der Waals surface area contributed by atoms with E-state index < -0.39 is 0 Å². The molecule has 1 aromatic carbocycles. The number of ether oxygens (including phenoxy) is 1. The molecule has 1 N–H and O–H groups in total. The monoisotopic (exact) mass is 245 g/mol. The number of hydrogen-bond donors (Lipinski definition) is 1. The van der Waals surface area contributed by atoms with E-state index in [0.29, 0.717) is 0 Å². The standard InChI is InChI=1S/C15H19NO2/c17-14-12-9-5-2-6-10-13(12)18-15(16-14)11-7-3-1-4-8-11/h1,3-4,7-8,12-13,15H,2,5-6,9-10H2,(H,16,17)/t12-,13+,15-/m1/s1. The average molecular weight is 245 g/mol. The third-order valence-corrected chi connectivity index (χ3v) is 3.98. The zero-order valence-electron chi connectivity index (χ0n) is 10.5. The molecule has 2 fully saturated rings. The van der Waals surface area contributed by atoms with Crippen molar-refractivity contribution >= 4 is 5.91 Å². The molecule has 1 aliphatic carbocycles. The van der Waals surface area contributed by atoms with Crippen molar-refractivity contribution in [3.8, 4) is 0 Å². The number of nitrogens with one attached hydrogen (secondary N) is 1. The van der Waals surface area contributed by atoms with Crippen LogP contribution in [0.1, 0.15) is 43.9 Å². The van der Waals surface area contributed by atoms with E-state index in [9.17, 15) is 4.79 Å². The first-order valence-corrected chi connectivity index (χ1v) is 6.85. The molecule has 2 aliphatic rings. The van der Waals surface area contributed by atoms with Crippen molar-refractivity contribution in [1.29, 1.82) is 0 Å². The molecule has 0 radical (unpaired) electrons. The Hall–Kier alpha value is -1.35. The summed E-state index contributed by atoms with van der Waals surface area (Å²) in [7, 11) is 0. The Balaban J connectivity index is 1.79. The predicted molar refractivity (Wildman–Crippen MR) is 68.8 cm³/mol. The van der Waals surface area contributed by atoms with Gasteiger partial charge in [-0.25, -0.2) is 0 Å². The molecule has 1 heterocycles. The SMILES string of the molecule is O=C1N[C@@H](c2ccccc2)O[C@H]2CCCCC[C@@H]12. The van der Waals surface area contributed by atoms with E-state index in [2.05, 4.69) is 5.32 Å². The van der Waals surface area contributed by atoms with Crippen LogP contribution >= 0.6 is 0 Å². The van der Waals surface area contributed by atoms with Gasteiger partial charge in [0.25, 0.3) is 0 Å². The summed E-state index contributed by atoms with van der Waals surface area (Å²) in [5, 5.41) is 3.00. The van der Waals surface area contributed by atoms with Crippen LogP contribution in [0.25, 0.3) is 0 Å². The number of carbonyl (C=O) groups excluding carboxylic acids is 1. The third-order valence-electron chi connectivity index (χ3n) is 3.98. The summed E-state index contributed by atoms with van der Waals surface area (Å²) in [6.07, 6.45) is 5.37. The molecular formula is C15H19NO2. The van der Waals surface area contributed by atoms with Gasteiger partial charge < -0.3 is 10.1 Å². The Kier molecular flexibility index (Phi) is 3.33. The summed E-state index contributed by atoms with van der Waals surface area (Å²) in [4.78, 5) is 12.2. The van der Waals surface area contributed by atoms with Gasteiger partial charge in [0.05, 0.1) is 12.0 Å². The molecular weight excluding hydrogens is 226 g/mol. The van der Waals surface area contributed by atoms with Gasteiger partial charge in [0.1, 0.15) is 0 Å². The topological polar surface area (TPSA) is 38.3 Å². The molecule has 3 heteroatoms. The van der Waals surface area contributed by atoms with E-state index >= 15 is 0 Å². The maximum Gasteiger partial charge on any atom is 0.227 e. The normalized spacial score (nSPS) is 32.2. The van der Waals surface area contributed by atoms with Crippen LogP contribution in [0.2, 0.25) is 0 Å². The minimum absolute atomic E-state index is 0.0625. The molecule has 0 spiro atoms. The predicted octanol–water partition coefficient (Wildman–Crippen LogP) is 2.78. The average Bonchev–Trinajstić information content (AvgIpc) is 2.65. The zero-order valence-corrected chi connectivity index (χ0v) is 10.5. The Labute approximate surface area is 108 Å². The summed E-state index contributed by atoms with van der Waals surface area (Å²) in [5.41, 5.74) is 1.04. The third kappa shape index (κ3) is 2.27. The first kappa shape index (κ1) is 11.7. The number of amides is 1. The van der Waals surface area contributed by atoms with Crippen LogP contribution in [0.15, 0.2) is 30.3 Å². The molecule has 1 aromatic rings. The Bertz CT molecular complexity index is 418. The quantitative estimate of drug-likeness (QED) is 0.826. The molecule has 0 aromatic heterocycles. The summed E-state index contributed by atoms with van der Waals surface area (Å²) in [6, 6.07) is 9.93. The van der Waals surface area contributed by atoms with Gasteiger partial charge in [-0.3, -0.25) is 4.79 Å². The van der Waals surface area contributed by atoms with Gasteiger partial charge in [-0.1, -0.05) is 49.6 Å². The van der Waals surface area contributed by atoms with Gasteiger partial charge in [-0.15, -0.1) is 0 Å². The van der Waals surface area contributed by atoms with Crippen molar-refractivity contribution in [2.24, 2.45) is 5.92 Å². The number of hydrogen-bond acceptors (Lipinski definition) is 2. The van der Waals surface area contributed by atoms with Crippen LogP contribution in [0.3, 0.4) is 0 Å². The summed E-state index contributed by atoms with van der Waals surface area (Å²) in [5.74, 6) is 0.231. The largest absolute Gasteiger partial charge is 0.350 e. The first-order valence-electron chi connectivity index (χ1n) is 6.85. The molecule has 96 valence electrons. The molecule has 18 heavy (non-hydrogen) atoms. The molecule has 1 amide bonds. The Morgan fingerprint density at radius 1 is 1.06 bits per heavy atom. The second kappa shape index (κ2) is 5.11. The van der Waals surface area contributed by atoms with Crippen molar-refractivity contribution in [2.45, 2.75) is 44.4 Å². The van der Waals surface area contributed by atoms with Gasteiger partial charge >= 0.3 is 0 Å². The second-order valence-electron chi connectivity index (χ2n) is 5.22. The number of rotatable bonds is 1. The van der Waals surface area contributed by atoms with Crippen LogP contribution in [-0.4, -0.2) is 12.0 Å². The highest BCUT2D eigenvalue weighted by molar-refractivity contribution is 5.80. The van der Waals surface area contributed by atoms with E-state index in [-0.39, 0.29) is 24.2 Å². The zero-order chi connectivity index (χ0) is 12.4. The lowest BCUT2D eigenvalue weighted by molar-refractivity contribution is -0.155. The molecule has 1 saturated carbocycles. The van der Waals surface area contributed by atoms with Crippen molar-refractivity contribution in [2.75, 3.05) is 0 Å². The molecule has 0 unspecified atom stereocenters. The van der Waals surface area contributed by atoms with Crippen LogP contribution in [0.5, 0.6) is 0 Å². The van der Waals surface area contributed by atoms with E-state index in [4.69, 9.17) is 4.74 Å². The smallest absolute Gasteiger partial charge is 0.227 e. The van der Waals surface area contributed by atoms with Crippen molar-refractivity contribution in [3.63, 3.8) is 0 Å². The lowest BCUT2D eigenvalue weighted by Gasteiger charge is -2.35. The van der Waals surface area contributed by atoms with Crippen molar-refractivity contribution in [3.05, 3.63) is 35.9 Å². The summed E-state index contributed by atoms with van der Waals surface area (Å²) >= 11 is 0. The van der Waals surface area contributed by atoms with Gasteiger partial charge in [-0.2, -0.15) is 0 Å². The fraction of sp³-hybridized carbons (Fsp3) is 0.533. The minimum atomic E-state index is -0.266. The highest BCUT2D eigenvalue weighted by Gasteiger charge is 2.37. The molecule has 3 nitrogen and oxygen atoms in total. The lowest BCUT2D eigenvalue weighted by Crippen LogP contribution is -2.48. The van der Waals surface area contributed by atoms with E-state index in [1.54, 1.807) is 0 Å². The summed E-state index contributed by atoms with van der Waals surface area (Å²) < 4.78 is 6.09. The molecule has 3 rings (SSSR count). The van der Waals surface area contributed by atoms with Crippen LogP contribution in [0, 0.1) is 5.92 Å². The fourth-order valence-electron chi connectivity index (χ4n) is 2.97. The molecule has 1 saturated heterocycles. The van der Waals surface area contributed by atoms with Crippen LogP contribution < -0.4 is 5.32 Å². The first-order chi connectivity index (χ1) is 8.84. The maximum absolute atomic E-state index is 12.2. The minimum Gasteiger partial charge on any atom is -0.350 e. The second-order valence-corrected chi connectivity index (χ2v) is 5.22. The van der Waals surface area contributed by atoms with E-state index in [0.717, 1.165) is 24.8 Å². The highest BCUT2D eigenvalue weighted by atomic mass is 16.5. The van der Waals surface area contributed by atoms with Gasteiger partial charge in [-0.05, 0) is 12.8 Å². The lowest BCUT2D eigenvalue weighted by atomic mass is 9.94. The van der Waals surface area contributed by atoms with Crippen LogP contribution in [-0.2, 0) is 9.53 Å². The van der Waals surface area contributed by atoms with E-state index in [1.807, 2.05) is 30.3 Å². The Morgan fingerprint density at radius 2 is 1.83 bits per heavy atom. The number of benzene rings is 1. The van der Waals surface area contributed by atoms with Gasteiger partial charge in [0.15, 0.2) is 6.23 Å². The summed E-state index contributed by atoms with van der Waals surface area (Å²) in [6.45, 7) is 0. The fourth-order valence-corrected chi connectivity index (χ4v) is 2.97. The molecule has 3 atom stereocenters. The van der Waals surface area contributed by atoms with Crippen molar-refractivity contribution in [1.82, 2.24) is 5.32 Å². The van der Waals surface area contributed by atoms with Crippen molar-refractivity contribution < 1.29 is 9.53 Å². The van der Waals surface area contributed by atoms with Gasteiger partial charge in [0.2, 0.25) is 5.91 Å². The Morgan fingerprint density at radius 3 is 2.67 bits per heavy atom. The number of fused-ring (bicyclic) bond motifs is 1. The maximum atomic E-state index is 12.2. The van der Waals surface area contributed by atoms with Gasteiger partial charge in [0, 0.05) is 5.56 Å². The number of carbonyl (C=O) groups is 1. The van der Waals surface area contributed by atoms with Crippen LogP contribution in [0.4, 0.5) is 0 Å². The van der Waals surface area contributed by atoms with E-state index in [1.165, 1.54) is 12.8 Å².